The van der Waals surface area contributed by atoms with Crippen LogP contribution in [0.3, 0.4) is 0 Å². The molecule has 3 aromatic carbocycles. The number of carbonyl (C=O) groups excluding carboxylic acids is 2. The van der Waals surface area contributed by atoms with Gasteiger partial charge in [0, 0.05) is 28.9 Å². The van der Waals surface area contributed by atoms with Crippen molar-refractivity contribution in [1.82, 2.24) is 9.97 Å². The van der Waals surface area contributed by atoms with Gasteiger partial charge in [-0.15, -0.1) is 0 Å². The fourth-order valence-corrected chi connectivity index (χ4v) is 3.82. The monoisotopic (exact) mass is 448 g/mol. The van der Waals surface area contributed by atoms with Gasteiger partial charge in [-0.25, -0.2) is 9.78 Å². The molecule has 0 atom stereocenters. The normalized spacial score (nSPS) is 10.9. The van der Waals surface area contributed by atoms with E-state index in [-0.39, 0.29) is 12.4 Å². The molecule has 5 rings (SSSR count). The van der Waals surface area contributed by atoms with Crippen LogP contribution in [-0.4, -0.2) is 35.4 Å². The lowest BCUT2D eigenvalue weighted by Crippen LogP contribution is -2.15. The van der Waals surface area contributed by atoms with Crippen molar-refractivity contribution in [3.8, 4) is 17.0 Å². The van der Waals surface area contributed by atoms with Crippen molar-refractivity contribution in [1.29, 1.82) is 0 Å². The maximum absolute atomic E-state index is 13.0. The van der Waals surface area contributed by atoms with Crippen LogP contribution in [-0.2, 0) is 4.74 Å². The largest absolute Gasteiger partial charge is 0.497 e. The quantitative estimate of drug-likeness (QED) is 0.252. The number of carbonyl (C=O) groups is 2. The molecule has 0 spiro atoms. The molecule has 0 saturated heterocycles. The van der Waals surface area contributed by atoms with E-state index in [4.69, 9.17) is 9.47 Å². The van der Waals surface area contributed by atoms with E-state index in [2.05, 4.69) is 9.97 Å². The van der Waals surface area contributed by atoms with E-state index in [1.807, 2.05) is 60.7 Å². The zero-order valence-electron chi connectivity index (χ0n) is 18.4. The highest BCUT2D eigenvalue weighted by Gasteiger charge is 2.17. The number of methoxy groups -OCH3 is 1. The summed E-state index contributed by atoms with van der Waals surface area (Å²) in [5, 5.41) is 2.52. The first-order chi connectivity index (χ1) is 16.6. The average Bonchev–Trinajstić information content (AvgIpc) is 2.90. The van der Waals surface area contributed by atoms with Crippen molar-refractivity contribution in [3.05, 3.63) is 102 Å². The van der Waals surface area contributed by atoms with Crippen LogP contribution in [0.1, 0.15) is 20.7 Å². The molecule has 2 aromatic heterocycles. The van der Waals surface area contributed by atoms with Gasteiger partial charge in [-0.2, -0.15) is 0 Å². The van der Waals surface area contributed by atoms with Gasteiger partial charge in [0.05, 0.1) is 23.9 Å². The smallest absolute Gasteiger partial charge is 0.339 e. The Morgan fingerprint density at radius 3 is 2.53 bits per heavy atom. The first-order valence-corrected chi connectivity index (χ1v) is 10.7. The molecule has 2 heterocycles. The maximum atomic E-state index is 13.0. The highest BCUT2D eigenvalue weighted by atomic mass is 16.5. The number of esters is 1. The number of benzene rings is 3. The number of para-hydroxylation sites is 1. The third-order valence-corrected chi connectivity index (χ3v) is 5.60. The fraction of sp³-hybridized carbons (Fsp3) is 0.0714. The number of nitrogens with zero attached hydrogens (tertiary/aromatic N) is 2. The van der Waals surface area contributed by atoms with Gasteiger partial charge in [0.2, 0.25) is 0 Å². The molecule has 0 amide bonds. The Bertz CT molecular complexity index is 1530. The third kappa shape index (κ3) is 4.21. The molecule has 0 N–H and O–H groups in total. The van der Waals surface area contributed by atoms with Gasteiger partial charge in [0.1, 0.15) is 5.75 Å². The van der Waals surface area contributed by atoms with Crippen LogP contribution >= 0.6 is 0 Å². The SMILES string of the molecule is COc1ccc2cc(C(=O)COC(=O)c3cc(-c4cccnc4)nc4ccccc34)ccc2c1. The molecule has 0 aliphatic rings. The summed E-state index contributed by atoms with van der Waals surface area (Å²) in [5.41, 5.74) is 2.87. The van der Waals surface area contributed by atoms with Crippen LogP contribution in [0, 0.1) is 0 Å². The number of rotatable bonds is 6. The van der Waals surface area contributed by atoms with Crippen LogP contribution in [0.25, 0.3) is 32.9 Å². The van der Waals surface area contributed by atoms with Gasteiger partial charge >= 0.3 is 5.97 Å². The minimum absolute atomic E-state index is 0.281. The van der Waals surface area contributed by atoms with Crippen molar-refractivity contribution in [2.45, 2.75) is 0 Å². The molecular formula is C28H20N2O4. The standard InChI is InChI=1S/C28H20N2O4/c1-33-22-11-10-18-13-20(9-8-19(18)14-22)27(31)17-34-28(32)24-15-26(21-5-4-12-29-16-21)30-25-7-3-2-6-23(24)25/h2-16H,17H2,1H3. The Morgan fingerprint density at radius 1 is 0.882 bits per heavy atom. The molecule has 0 fully saturated rings. The zero-order valence-corrected chi connectivity index (χ0v) is 18.4. The van der Waals surface area contributed by atoms with E-state index in [1.54, 1.807) is 37.7 Å². The molecule has 0 aliphatic carbocycles. The minimum atomic E-state index is -0.581. The van der Waals surface area contributed by atoms with Crippen LogP contribution < -0.4 is 4.74 Å². The summed E-state index contributed by atoms with van der Waals surface area (Å²) in [6, 6.07) is 23.7. The van der Waals surface area contributed by atoms with Gasteiger partial charge in [-0.05, 0) is 53.2 Å². The molecular weight excluding hydrogens is 428 g/mol. The van der Waals surface area contributed by atoms with Crippen LogP contribution in [0.4, 0.5) is 0 Å². The van der Waals surface area contributed by atoms with Crippen molar-refractivity contribution in [3.63, 3.8) is 0 Å². The predicted molar refractivity (Wildman–Crippen MR) is 130 cm³/mol. The number of hydrogen-bond acceptors (Lipinski definition) is 6. The van der Waals surface area contributed by atoms with Crippen LogP contribution in [0.2, 0.25) is 0 Å². The average molecular weight is 448 g/mol. The molecule has 0 unspecified atom stereocenters. The molecule has 0 bridgehead atoms. The van der Waals surface area contributed by atoms with E-state index in [1.165, 1.54) is 0 Å². The van der Waals surface area contributed by atoms with E-state index >= 15 is 0 Å². The summed E-state index contributed by atoms with van der Waals surface area (Å²) in [4.78, 5) is 34.6. The van der Waals surface area contributed by atoms with Gasteiger partial charge < -0.3 is 9.47 Å². The first-order valence-electron chi connectivity index (χ1n) is 10.7. The highest BCUT2D eigenvalue weighted by Crippen LogP contribution is 2.25. The second-order valence-corrected chi connectivity index (χ2v) is 7.74. The summed E-state index contributed by atoms with van der Waals surface area (Å²) in [6.45, 7) is -0.362. The third-order valence-electron chi connectivity index (χ3n) is 5.60. The zero-order chi connectivity index (χ0) is 23.5. The van der Waals surface area contributed by atoms with Gasteiger partial charge in [-0.1, -0.05) is 36.4 Å². The fourth-order valence-electron chi connectivity index (χ4n) is 3.82. The Kier molecular flexibility index (Phi) is 5.70. The number of pyridine rings is 2. The number of fused-ring (bicyclic) bond motifs is 2. The molecule has 0 aliphatic heterocycles. The molecule has 0 radical (unpaired) electrons. The summed E-state index contributed by atoms with van der Waals surface area (Å²) in [7, 11) is 1.61. The molecule has 6 nitrogen and oxygen atoms in total. The van der Waals surface area contributed by atoms with Crippen molar-refractivity contribution < 1.29 is 19.1 Å². The lowest BCUT2D eigenvalue weighted by Gasteiger charge is -2.10. The number of hydrogen-bond donors (Lipinski definition) is 0. The Morgan fingerprint density at radius 2 is 1.71 bits per heavy atom. The number of Topliss-reactive ketones (excluding diaryl/α,β-unsaturated/α-hetero) is 1. The van der Waals surface area contributed by atoms with E-state index in [0.717, 1.165) is 22.1 Å². The first kappa shape index (κ1) is 21.3. The lowest BCUT2D eigenvalue weighted by atomic mass is 10.0. The number of aromatic nitrogens is 2. The summed E-state index contributed by atoms with van der Waals surface area (Å²) < 4.78 is 10.7. The van der Waals surface area contributed by atoms with Crippen molar-refractivity contribution in [2.75, 3.05) is 13.7 Å². The molecule has 34 heavy (non-hydrogen) atoms. The van der Waals surface area contributed by atoms with E-state index in [0.29, 0.717) is 27.7 Å². The highest BCUT2D eigenvalue weighted by molar-refractivity contribution is 6.06. The van der Waals surface area contributed by atoms with Gasteiger partial charge in [0.25, 0.3) is 0 Å². The molecule has 5 aromatic rings. The second kappa shape index (κ2) is 9.11. The topological polar surface area (TPSA) is 78.4 Å². The van der Waals surface area contributed by atoms with E-state index < -0.39 is 5.97 Å². The molecule has 166 valence electrons. The number of ether oxygens (including phenoxy) is 2. The van der Waals surface area contributed by atoms with Crippen LogP contribution in [0.5, 0.6) is 5.75 Å². The van der Waals surface area contributed by atoms with Gasteiger partial charge in [0.15, 0.2) is 12.4 Å². The summed E-state index contributed by atoms with van der Waals surface area (Å²) in [6.07, 6.45) is 3.36. The second-order valence-electron chi connectivity index (χ2n) is 7.74. The summed E-state index contributed by atoms with van der Waals surface area (Å²) >= 11 is 0. The van der Waals surface area contributed by atoms with Crippen molar-refractivity contribution >= 4 is 33.4 Å². The molecule has 0 saturated carbocycles. The molecule has 6 heteroatoms. The summed E-state index contributed by atoms with van der Waals surface area (Å²) in [5.74, 6) is -0.115. The lowest BCUT2D eigenvalue weighted by molar-refractivity contribution is 0.0476. The predicted octanol–water partition coefficient (Wildman–Crippen LogP) is 5.50. The van der Waals surface area contributed by atoms with E-state index in [9.17, 15) is 9.59 Å². The van der Waals surface area contributed by atoms with Crippen molar-refractivity contribution in [2.24, 2.45) is 0 Å². The maximum Gasteiger partial charge on any atom is 0.339 e. The van der Waals surface area contributed by atoms with Crippen LogP contribution in [0.15, 0.2) is 91.3 Å². The van der Waals surface area contributed by atoms with Gasteiger partial charge in [-0.3, -0.25) is 9.78 Å². The Labute approximate surface area is 195 Å². The Balaban J connectivity index is 1.39. The minimum Gasteiger partial charge on any atom is -0.497 e. The Hall–Kier alpha value is -4.58. The number of ketones is 1.